The third kappa shape index (κ3) is 4.07. The summed E-state index contributed by atoms with van der Waals surface area (Å²) in [6.07, 6.45) is 2.97. The highest BCUT2D eigenvalue weighted by atomic mass is 32.1. The minimum Gasteiger partial charge on any atom is -0.467 e. The summed E-state index contributed by atoms with van der Waals surface area (Å²) in [4.78, 5) is 23.6. The van der Waals surface area contributed by atoms with Crippen LogP contribution in [0.5, 0.6) is 0 Å². The standard InChI is InChI=1S/C12H11N3O3S/c16-11(13-7-9-3-1-5-18-9)12(17)15-14-8-10-4-2-6-19-10/h1-6,8H,7H2,(H,13,16)(H,15,17). The van der Waals surface area contributed by atoms with Crippen molar-refractivity contribution in [2.24, 2.45) is 5.10 Å². The van der Waals surface area contributed by atoms with Gasteiger partial charge in [0.15, 0.2) is 0 Å². The van der Waals surface area contributed by atoms with Gasteiger partial charge in [-0.05, 0) is 23.6 Å². The van der Waals surface area contributed by atoms with Gasteiger partial charge < -0.3 is 9.73 Å². The van der Waals surface area contributed by atoms with E-state index in [1.165, 1.54) is 23.8 Å². The molecule has 98 valence electrons. The van der Waals surface area contributed by atoms with Gasteiger partial charge >= 0.3 is 11.8 Å². The zero-order valence-corrected chi connectivity index (χ0v) is 10.6. The van der Waals surface area contributed by atoms with Crippen LogP contribution in [-0.2, 0) is 16.1 Å². The fraction of sp³-hybridized carbons (Fsp3) is 0.0833. The fourth-order valence-electron chi connectivity index (χ4n) is 1.23. The van der Waals surface area contributed by atoms with Crippen LogP contribution in [0.2, 0.25) is 0 Å². The van der Waals surface area contributed by atoms with Crippen LogP contribution < -0.4 is 10.7 Å². The second kappa shape index (κ2) is 6.50. The number of nitrogens with one attached hydrogen (secondary N) is 2. The molecular weight excluding hydrogens is 266 g/mol. The Morgan fingerprint density at radius 2 is 2.21 bits per heavy atom. The number of nitrogens with zero attached hydrogens (tertiary/aromatic N) is 1. The highest BCUT2D eigenvalue weighted by Crippen LogP contribution is 2.04. The van der Waals surface area contributed by atoms with Crippen molar-refractivity contribution in [3.05, 3.63) is 46.5 Å². The first kappa shape index (κ1) is 13.0. The van der Waals surface area contributed by atoms with Crippen molar-refractivity contribution in [2.75, 3.05) is 0 Å². The molecule has 7 heteroatoms. The molecule has 2 heterocycles. The Balaban J connectivity index is 1.75. The Morgan fingerprint density at radius 3 is 2.89 bits per heavy atom. The third-order valence-corrected chi connectivity index (χ3v) is 2.92. The van der Waals surface area contributed by atoms with Crippen LogP contribution in [-0.4, -0.2) is 18.0 Å². The number of hydrogen-bond donors (Lipinski definition) is 2. The van der Waals surface area contributed by atoms with Crippen molar-refractivity contribution in [1.82, 2.24) is 10.7 Å². The molecule has 2 rings (SSSR count). The molecular formula is C12H11N3O3S. The van der Waals surface area contributed by atoms with Crippen molar-refractivity contribution in [3.63, 3.8) is 0 Å². The molecule has 0 spiro atoms. The molecule has 0 bridgehead atoms. The molecule has 19 heavy (non-hydrogen) atoms. The average Bonchev–Trinajstić information content (AvgIpc) is 3.08. The molecule has 2 aromatic rings. The summed E-state index contributed by atoms with van der Waals surface area (Å²) < 4.78 is 5.02. The minimum absolute atomic E-state index is 0.161. The predicted octanol–water partition coefficient (Wildman–Crippen LogP) is 1.11. The number of carbonyl (C=O) groups is 2. The van der Waals surface area contributed by atoms with E-state index in [0.29, 0.717) is 5.76 Å². The lowest BCUT2D eigenvalue weighted by Gasteiger charge is -2.01. The van der Waals surface area contributed by atoms with E-state index in [4.69, 9.17) is 4.42 Å². The molecule has 0 radical (unpaired) electrons. The SMILES string of the molecule is O=C(NCc1ccco1)C(=O)NN=Cc1cccs1. The monoisotopic (exact) mass is 277 g/mol. The van der Waals surface area contributed by atoms with E-state index < -0.39 is 11.8 Å². The summed E-state index contributed by atoms with van der Waals surface area (Å²) in [6.45, 7) is 0.161. The lowest BCUT2D eigenvalue weighted by atomic mass is 10.4. The van der Waals surface area contributed by atoms with E-state index in [0.717, 1.165) is 4.88 Å². The molecule has 2 N–H and O–H groups in total. The number of amides is 2. The van der Waals surface area contributed by atoms with E-state index >= 15 is 0 Å². The molecule has 0 aliphatic rings. The number of hydrazone groups is 1. The van der Waals surface area contributed by atoms with Gasteiger partial charge in [0, 0.05) is 4.88 Å². The molecule has 0 atom stereocenters. The van der Waals surface area contributed by atoms with Gasteiger partial charge in [-0.2, -0.15) is 5.10 Å². The maximum atomic E-state index is 11.4. The van der Waals surface area contributed by atoms with Crippen LogP contribution >= 0.6 is 11.3 Å². The Hall–Kier alpha value is -2.41. The zero-order chi connectivity index (χ0) is 13.5. The van der Waals surface area contributed by atoms with Crippen LogP contribution in [0.25, 0.3) is 0 Å². The molecule has 0 saturated heterocycles. The van der Waals surface area contributed by atoms with Crippen molar-refractivity contribution < 1.29 is 14.0 Å². The van der Waals surface area contributed by atoms with E-state index in [9.17, 15) is 9.59 Å². The molecule has 0 unspecified atom stereocenters. The van der Waals surface area contributed by atoms with Crippen LogP contribution in [0.1, 0.15) is 10.6 Å². The van der Waals surface area contributed by atoms with Gasteiger partial charge in [-0.1, -0.05) is 6.07 Å². The van der Waals surface area contributed by atoms with Gasteiger partial charge in [0.1, 0.15) is 5.76 Å². The van der Waals surface area contributed by atoms with Gasteiger partial charge in [0.05, 0.1) is 19.0 Å². The van der Waals surface area contributed by atoms with Gasteiger partial charge in [0.2, 0.25) is 0 Å². The molecule has 0 fully saturated rings. The molecule has 0 aliphatic heterocycles. The summed E-state index contributed by atoms with van der Waals surface area (Å²) in [7, 11) is 0. The molecule has 2 aromatic heterocycles. The van der Waals surface area contributed by atoms with Crippen molar-refractivity contribution in [3.8, 4) is 0 Å². The Kier molecular flexibility index (Phi) is 4.46. The molecule has 0 aromatic carbocycles. The largest absolute Gasteiger partial charge is 0.467 e. The highest BCUT2D eigenvalue weighted by molar-refractivity contribution is 7.11. The van der Waals surface area contributed by atoms with Gasteiger partial charge in [-0.25, -0.2) is 5.43 Å². The summed E-state index contributed by atoms with van der Waals surface area (Å²) >= 11 is 1.48. The van der Waals surface area contributed by atoms with Crippen LogP contribution in [0, 0.1) is 0 Å². The van der Waals surface area contributed by atoms with Crippen LogP contribution in [0.15, 0.2) is 45.4 Å². The summed E-state index contributed by atoms with van der Waals surface area (Å²) in [5, 5.41) is 7.98. The smallest absolute Gasteiger partial charge is 0.329 e. The Labute approximate surface area is 113 Å². The van der Waals surface area contributed by atoms with Crippen LogP contribution in [0.3, 0.4) is 0 Å². The van der Waals surface area contributed by atoms with Crippen molar-refractivity contribution >= 4 is 29.4 Å². The Morgan fingerprint density at radius 1 is 1.32 bits per heavy atom. The number of furan rings is 1. The minimum atomic E-state index is -0.820. The third-order valence-electron chi connectivity index (χ3n) is 2.11. The first-order valence-electron chi connectivity index (χ1n) is 5.43. The molecule has 0 aliphatic carbocycles. The second-order valence-corrected chi connectivity index (χ2v) is 4.46. The number of rotatable bonds is 4. The lowest BCUT2D eigenvalue weighted by Crippen LogP contribution is -2.37. The zero-order valence-electron chi connectivity index (χ0n) is 9.83. The van der Waals surface area contributed by atoms with Crippen LogP contribution in [0.4, 0.5) is 0 Å². The van der Waals surface area contributed by atoms with E-state index in [1.807, 2.05) is 17.5 Å². The molecule has 2 amide bonds. The van der Waals surface area contributed by atoms with Gasteiger partial charge in [-0.15, -0.1) is 11.3 Å². The van der Waals surface area contributed by atoms with E-state index in [2.05, 4.69) is 15.8 Å². The maximum absolute atomic E-state index is 11.4. The lowest BCUT2D eigenvalue weighted by molar-refractivity contribution is -0.139. The first-order chi connectivity index (χ1) is 9.25. The quantitative estimate of drug-likeness (QED) is 0.499. The number of carbonyl (C=O) groups excluding carboxylic acids is 2. The van der Waals surface area contributed by atoms with E-state index in [1.54, 1.807) is 12.1 Å². The molecule has 6 nitrogen and oxygen atoms in total. The second-order valence-electron chi connectivity index (χ2n) is 3.48. The van der Waals surface area contributed by atoms with Gasteiger partial charge in [0.25, 0.3) is 0 Å². The predicted molar refractivity (Wildman–Crippen MR) is 70.6 cm³/mol. The summed E-state index contributed by atoms with van der Waals surface area (Å²) in [6, 6.07) is 7.11. The topological polar surface area (TPSA) is 83.7 Å². The average molecular weight is 277 g/mol. The Bertz CT molecular complexity index is 561. The van der Waals surface area contributed by atoms with E-state index in [-0.39, 0.29) is 6.54 Å². The maximum Gasteiger partial charge on any atom is 0.329 e. The van der Waals surface area contributed by atoms with Gasteiger partial charge in [-0.3, -0.25) is 9.59 Å². The number of thiophene rings is 1. The van der Waals surface area contributed by atoms with Crippen molar-refractivity contribution in [2.45, 2.75) is 6.54 Å². The highest BCUT2D eigenvalue weighted by Gasteiger charge is 2.12. The van der Waals surface area contributed by atoms with Crippen molar-refractivity contribution in [1.29, 1.82) is 0 Å². The summed E-state index contributed by atoms with van der Waals surface area (Å²) in [5.74, 6) is -1.01. The first-order valence-corrected chi connectivity index (χ1v) is 6.31. The number of hydrogen-bond acceptors (Lipinski definition) is 5. The molecule has 0 saturated carbocycles. The fourth-order valence-corrected chi connectivity index (χ4v) is 1.82. The normalized spacial score (nSPS) is 10.5. The summed E-state index contributed by atoms with van der Waals surface area (Å²) in [5.41, 5.74) is 2.15.